The Bertz CT molecular complexity index is 263. The van der Waals surface area contributed by atoms with Crippen LogP contribution in [0.4, 0.5) is 0 Å². The quantitative estimate of drug-likeness (QED) is 0.760. The molecule has 1 aromatic rings. The van der Waals surface area contributed by atoms with E-state index in [4.69, 9.17) is 4.52 Å². The van der Waals surface area contributed by atoms with Crippen molar-refractivity contribution < 1.29 is 4.52 Å². The van der Waals surface area contributed by atoms with E-state index < -0.39 is 0 Å². The van der Waals surface area contributed by atoms with Gasteiger partial charge in [0.15, 0.2) is 5.76 Å². The Labute approximate surface area is 84.3 Å². The molecule has 1 saturated heterocycles. The summed E-state index contributed by atoms with van der Waals surface area (Å²) >= 11 is 0. The third-order valence-corrected chi connectivity index (χ3v) is 2.84. The van der Waals surface area contributed by atoms with Crippen LogP contribution in [-0.4, -0.2) is 35.2 Å². The molecule has 0 aromatic carbocycles. The van der Waals surface area contributed by atoms with Crippen molar-refractivity contribution in [3.63, 3.8) is 0 Å². The van der Waals surface area contributed by atoms with Crippen molar-refractivity contribution in [2.45, 2.75) is 32.5 Å². The van der Waals surface area contributed by atoms with Gasteiger partial charge in [-0.2, -0.15) is 0 Å². The van der Waals surface area contributed by atoms with Crippen LogP contribution in [0.15, 0.2) is 16.8 Å². The molecule has 0 amide bonds. The number of piperazine rings is 1. The highest BCUT2D eigenvalue weighted by Gasteiger charge is 2.24. The van der Waals surface area contributed by atoms with Gasteiger partial charge in [0.1, 0.15) is 0 Å². The zero-order valence-corrected chi connectivity index (χ0v) is 8.73. The molecule has 0 bridgehead atoms. The fraction of sp³-hybridized carbons (Fsp3) is 0.700. The molecule has 2 unspecified atom stereocenters. The smallest absolute Gasteiger partial charge is 0.150 e. The SMILES string of the molecule is CC1CNCC(C)N1Cc1ccno1. The normalized spacial score (nSPS) is 29.3. The third kappa shape index (κ3) is 1.96. The van der Waals surface area contributed by atoms with E-state index in [0.29, 0.717) is 12.1 Å². The molecule has 1 aromatic heterocycles. The second kappa shape index (κ2) is 4.11. The summed E-state index contributed by atoms with van der Waals surface area (Å²) in [6, 6.07) is 3.05. The predicted octanol–water partition coefficient (Wildman–Crippen LogP) is 0.857. The summed E-state index contributed by atoms with van der Waals surface area (Å²) in [7, 11) is 0. The maximum atomic E-state index is 5.12. The molecular weight excluding hydrogens is 178 g/mol. The van der Waals surface area contributed by atoms with Crippen LogP contribution in [0.5, 0.6) is 0 Å². The van der Waals surface area contributed by atoms with Crippen molar-refractivity contribution in [3.8, 4) is 0 Å². The molecule has 2 rings (SSSR count). The number of rotatable bonds is 2. The molecule has 4 heteroatoms. The van der Waals surface area contributed by atoms with Crippen molar-refractivity contribution in [3.05, 3.63) is 18.0 Å². The summed E-state index contributed by atoms with van der Waals surface area (Å²) < 4.78 is 5.12. The maximum Gasteiger partial charge on any atom is 0.150 e. The van der Waals surface area contributed by atoms with E-state index in [1.165, 1.54) is 0 Å². The largest absolute Gasteiger partial charge is 0.360 e. The lowest BCUT2D eigenvalue weighted by Gasteiger charge is -2.38. The molecule has 0 aliphatic carbocycles. The van der Waals surface area contributed by atoms with Crippen molar-refractivity contribution in [2.75, 3.05) is 13.1 Å². The topological polar surface area (TPSA) is 41.3 Å². The summed E-state index contributed by atoms with van der Waals surface area (Å²) in [6.07, 6.45) is 1.70. The molecule has 78 valence electrons. The number of nitrogens with zero attached hydrogens (tertiary/aromatic N) is 2. The van der Waals surface area contributed by atoms with Gasteiger partial charge in [-0.3, -0.25) is 4.90 Å². The van der Waals surface area contributed by atoms with Crippen LogP contribution in [0, 0.1) is 0 Å². The highest BCUT2D eigenvalue weighted by molar-refractivity contribution is 4.95. The van der Waals surface area contributed by atoms with Crippen LogP contribution in [0.3, 0.4) is 0 Å². The van der Waals surface area contributed by atoms with Crippen LogP contribution in [0.25, 0.3) is 0 Å². The minimum absolute atomic E-state index is 0.559. The van der Waals surface area contributed by atoms with Crippen molar-refractivity contribution in [1.82, 2.24) is 15.4 Å². The Morgan fingerprint density at radius 3 is 2.79 bits per heavy atom. The molecule has 4 nitrogen and oxygen atoms in total. The summed E-state index contributed by atoms with van der Waals surface area (Å²) in [5, 5.41) is 7.13. The van der Waals surface area contributed by atoms with E-state index in [1.54, 1.807) is 6.20 Å². The number of hydrogen-bond donors (Lipinski definition) is 1. The molecule has 2 atom stereocenters. The Balaban J connectivity index is 2.01. The fourth-order valence-corrected chi connectivity index (χ4v) is 1.99. The lowest BCUT2D eigenvalue weighted by Crippen LogP contribution is -2.54. The van der Waals surface area contributed by atoms with Crippen LogP contribution in [0.1, 0.15) is 19.6 Å². The van der Waals surface area contributed by atoms with Gasteiger partial charge >= 0.3 is 0 Å². The van der Waals surface area contributed by atoms with Crippen molar-refractivity contribution in [2.24, 2.45) is 0 Å². The molecule has 1 N–H and O–H groups in total. The number of hydrogen-bond acceptors (Lipinski definition) is 4. The first kappa shape index (κ1) is 9.68. The Morgan fingerprint density at radius 2 is 2.21 bits per heavy atom. The Morgan fingerprint density at radius 1 is 1.50 bits per heavy atom. The van der Waals surface area contributed by atoms with Gasteiger partial charge in [-0.25, -0.2) is 0 Å². The number of nitrogens with one attached hydrogen (secondary N) is 1. The first-order chi connectivity index (χ1) is 6.77. The zero-order chi connectivity index (χ0) is 9.97. The second-order valence-electron chi connectivity index (χ2n) is 4.01. The van der Waals surface area contributed by atoms with Gasteiger partial charge in [-0.15, -0.1) is 0 Å². The van der Waals surface area contributed by atoms with E-state index in [-0.39, 0.29) is 0 Å². The van der Waals surface area contributed by atoms with Crippen LogP contribution < -0.4 is 5.32 Å². The lowest BCUT2D eigenvalue weighted by atomic mass is 10.1. The summed E-state index contributed by atoms with van der Waals surface area (Å²) in [6.45, 7) is 7.44. The van der Waals surface area contributed by atoms with Crippen molar-refractivity contribution in [1.29, 1.82) is 0 Å². The molecule has 14 heavy (non-hydrogen) atoms. The van der Waals surface area contributed by atoms with Gasteiger partial charge in [-0.05, 0) is 13.8 Å². The van der Waals surface area contributed by atoms with Gasteiger partial charge < -0.3 is 9.84 Å². The highest BCUT2D eigenvalue weighted by Crippen LogP contribution is 2.13. The van der Waals surface area contributed by atoms with Crippen molar-refractivity contribution >= 4 is 0 Å². The molecule has 0 spiro atoms. The van der Waals surface area contributed by atoms with E-state index in [1.807, 2.05) is 6.07 Å². The van der Waals surface area contributed by atoms with Gasteiger partial charge in [0, 0.05) is 31.2 Å². The summed E-state index contributed by atoms with van der Waals surface area (Å²) in [5.41, 5.74) is 0. The van der Waals surface area contributed by atoms with Gasteiger partial charge in [0.25, 0.3) is 0 Å². The fourth-order valence-electron chi connectivity index (χ4n) is 1.99. The third-order valence-electron chi connectivity index (χ3n) is 2.84. The highest BCUT2D eigenvalue weighted by atomic mass is 16.5. The number of aromatic nitrogens is 1. The van der Waals surface area contributed by atoms with Crippen LogP contribution in [0.2, 0.25) is 0 Å². The monoisotopic (exact) mass is 195 g/mol. The lowest BCUT2D eigenvalue weighted by molar-refractivity contribution is 0.0969. The minimum Gasteiger partial charge on any atom is -0.360 e. The first-order valence-electron chi connectivity index (χ1n) is 5.13. The predicted molar refractivity (Wildman–Crippen MR) is 53.8 cm³/mol. The zero-order valence-electron chi connectivity index (χ0n) is 8.73. The minimum atomic E-state index is 0.559. The standard InChI is InChI=1S/C10H17N3O/c1-8-5-11-6-9(2)13(8)7-10-3-4-12-14-10/h3-4,8-9,11H,5-7H2,1-2H3. The molecule has 1 aliphatic heterocycles. The average Bonchev–Trinajstić information content (AvgIpc) is 2.64. The Hall–Kier alpha value is -0.870. The molecule has 1 aliphatic rings. The Kier molecular flexibility index (Phi) is 2.84. The molecule has 0 saturated carbocycles. The van der Waals surface area contributed by atoms with E-state index in [0.717, 1.165) is 25.4 Å². The molecule has 1 fully saturated rings. The molecule has 0 radical (unpaired) electrons. The second-order valence-corrected chi connectivity index (χ2v) is 4.01. The summed E-state index contributed by atoms with van der Waals surface area (Å²) in [4.78, 5) is 2.44. The van der Waals surface area contributed by atoms with Crippen LogP contribution in [-0.2, 0) is 6.54 Å². The van der Waals surface area contributed by atoms with Crippen LogP contribution >= 0.6 is 0 Å². The van der Waals surface area contributed by atoms with E-state index in [2.05, 4.69) is 29.2 Å². The first-order valence-corrected chi connectivity index (χ1v) is 5.13. The maximum absolute atomic E-state index is 5.12. The average molecular weight is 195 g/mol. The van der Waals surface area contributed by atoms with Gasteiger partial charge in [-0.1, -0.05) is 5.16 Å². The van der Waals surface area contributed by atoms with Gasteiger partial charge in [0.05, 0.1) is 12.7 Å². The summed E-state index contributed by atoms with van der Waals surface area (Å²) in [5.74, 6) is 0.950. The van der Waals surface area contributed by atoms with E-state index >= 15 is 0 Å². The molecular formula is C10H17N3O. The van der Waals surface area contributed by atoms with E-state index in [9.17, 15) is 0 Å². The molecule has 2 heterocycles. The van der Waals surface area contributed by atoms with Gasteiger partial charge in [0.2, 0.25) is 0 Å².